The van der Waals surface area contributed by atoms with Crippen LogP contribution in [0.4, 0.5) is 0 Å². The predicted molar refractivity (Wildman–Crippen MR) is 50.4 cm³/mol. The lowest BCUT2D eigenvalue weighted by atomic mass is 10.3. The quantitative estimate of drug-likeness (QED) is 0.688. The highest BCUT2D eigenvalue weighted by atomic mass is 32.1. The summed E-state index contributed by atoms with van der Waals surface area (Å²) in [7, 11) is 0. The molecule has 0 N–H and O–H groups in total. The van der Waals surface area contributed by atoms with E-state index < -0.39 is 0 Å². The van der Waals surface area contributed by atoms with E-state index in [0.717, 1.165) is 22.1 Å². The van der Waals surface area contributed by atoms with Gasteiger partial charge < -0.3 is 0 Å². The van der Waals surface area contributed by atoms with Crippen LogP contribution in [0.25, 0.3) is 10.7 Å². The van der Waals surface area contributed by atoms with Crippen molar-refractivity contribution in [1.29, 1.82) is 0 Å². The summed E-state index contributed by atoms with van der Waals surface area (Å²) in [5.74, 6) is 0. The second-order valence-corrected chi connectivity index (χ2v) is 3.50. The van der Waals surface area contributed by atoms with Gasteiger partial charge in [0, 0.05) is 0 Å². The Balaban J connectivity index is 2.49. The monoisotopic (exact) mass is 192 g/mol. The normalized spacial score (nSPS) is 10.3. The van der Waals surface area contributed by atoms with E-state index in [0.29, 0.717) is 0 Å². The van der Waals surface area contributed by atoms with Gasteiger partial charge in [0.15, 0.2) is 5.01 Å². The molecule has 4 nitrogen and oxygen atoms in total. The van der Waals surface area contributed by atoms with E-state index in [-0.39, 0.29) is 0 Å². The summed E-state index contributed by atoms with van der Waals surface area (Å²) < 4.78 is 0. The van der Waals surface area contributed by atoms with Gasteiger partial charge in [0.25, 0.3) is 0 Å². The Bertz CT molecular complexity index is 410. The maximum atomic E-state index is 4.36. The number of aromatic nitrogens is 4. The highest BCUT2D eigenvalue weighted by molar-refractivity contribution is 7.12. The molecule has 0 spiro atoms. The lowest BCUT2D eigenvalue weighted by Crippen LogP contribution is -1.93. The third-order valence-corrected chi connectivity index (χ3v) is 2.49. The summed E-state index contributed by atoms with van der Waals surface area (Å²) in [5.41, 5.74) is 4.37. The SMILES string of the molecule is Cc1ncc(-c2nncs2)nc1C. The molecule has 0 radical (unpaired) electrons. The summed E-state index contributed by atoms with van der Waals surface area (Å²) in [6, 6.07) is 0. The smallest absolute Gasteiger partial charge is 0.167 e. The highest BCUT2D eigenvalue weighted by Crippen LogP contribution is 2.17. The van der Waals surface area contributed by atoms with E-state index in [1.54, 1.807) is 11.7 Å². The van der Waals surface area contributed by atoms with Crippen molar-refractivity contribution in [3.05, 3.63) is 23.1 Å². The molecule has 2 rings (SSSR count). The van der Waals surface area contributed by atoms with E-state index in [2.05, 4.69) is 20.2 Å². The summed E-state index contributed by atoms with van der Waals surface area (Å²) in [6.45, 7) is 3.87. The molecule has 66 valence electrons. The molecule has 0 saturated carbocycles. The average molecular weight is 192 g/mol. The zero-order chi connectivity index (χ0) is 9.26. The maximum Gasteiger partial charge on any atom is 0.167 e. The molecule has 2 aromatic rings. The maximum absolute atomic E-state index is 4.36. The fourth-order valence-electron chi connectivity index (χ4n) is 0.930. The topological polar surface area (TPSA) is 51.6 Å². The minimum atomic E-state index is 0.797. The van der Waals surface area contributed by atoms with E-state index >= 15 is 0 Å². The lowest BCUT2D eigenvalue weighted by molar-refractivity contribution is 1.03. The van der Waals surface area contributed by atoms with Gasteiger partial charge in [0.05, 0.1) is 17.6 Å². The van der Waals surface area contributed by atoms with Gasteiger partial charge in [-0.2, -0.15) is 0 Å². The van der Waals surface area contributed by atoms with Crippen LogP contribution in [0, 0.1) is 13.8 Å². The molecule has 0 fully saturated rings. The molecule has 0 amide bonds. The minimum Gasteiger partial charge on any atom is -0.257 e. The summed E-state index contributed by atoms with van der Waals surface area (Å²) in [6.07, 6.45) is 1.73. The lowest BCUT2D eigenvalue weighted by Gasteiger charge is -1.98. The van der Waals surface area contributed by atoms with Crippen molar-refractivity contribution in [2.45, 2.75) is 13.8 Å². The number of aryl methyl sites for hydroxylation is 2. The van der Waals surface area contributed by atoms with Crippen LogP contribution in [0.15, 0.2) is 11.7 Å². The van der Waals surface area contributed by atoms with Gasteiger partial charge in [-0.25, -0.2) is 4.98 Å². The Hall–Kier alpha value is -1.36. The van der Waals surface area contributed by atoms with Crippen molar-refractivity contribution in [3.8, 4) is 10.7 Å². The van der Waals surface area contributed by atoms with Crippen molar-refractivity contribution < 1.29 is 0 Å². The van der Waals surface area contributed by atoms with Crippen molar-refractivity contribution in [3.63, 3.8) is 0 Å². The number of hydrogen-bond acceptors (Lipinski definition) is 5. The van der Waals surface area contributed by atoms with Gasteiger partial charge in [-0.1, -0.05) is 11.3 Å². The molecule has 0 saturated heterocycles. The summed E-state index contributed by atoms with van der Waals surface area (Å²) in [5, 5.41) is 8.49. The molecule has 2 heterocycles. The van der Waals surface area contributed by atoms with Gasteiger partial charge >= 0.3 is 0 Å². The van der Waals surface area contributed by atoms with Crippen LogP contribution < -0.4 is 0 Å². The van der Waals surface area contributed by atoms with E-state index in [1.165, 1.54) is 11.3 Å². The first-order valence-electron chi connectivity index (χ1n) is 3.84. The predicted octanol–water partition coefficient (Wildman–Crippen LogP) is 1.61. The number of nitrogens with zero attached hydrogens (tertiary/aromatic N) is 4. The fraction of sp³-hybridized carbons (Fsp3) is 0.250. The molecule has 13 heavy (non-hydrogen) atoms. The molecule has 0 atom stereocenters. The van der Waals surface area contributed by atoms with Gasteiger partial charge in [0.1, 0.15) is 11.2 Å². The van der Waals surface area contributed by atoms with Crippen molar-refractivity contribution in [2.24, 2.45) is 0 Å². The molecule has 2 aromatic heterocycles. The third-order valence-electron chi connectivity index (χ3n) is 1.77. The number of hydrogen-bond donors (Lipinski definition) is 0. The molecule has 0 aliphatic heterocycles. The zero-order valence-corrected chi connectivity index (χ0v) is 8.17. The van der Waals surface area contributed by atoms with Gasteiger partial charge in [-0.15, -0.1) is 10.2 Å². The highest BCUT2D eigenvalue weighted by Gasteiger charge is 2.04. The van der Waals surface area contributed by atoms with Crippen LogP contribution >= 0.6 is 11.3 Å². The van der Waals surface area contributed by atoms with Crippen molar-refractivity contribution >= 4 is 11.3 Å². The first-order chi connectivity index (χ1) is 6.27. The van der Waals surface area contributed by atoms with Crippen LogP contribution in [0.2, 0.25) is 0 Å². The molecule has 0 bridgehead atoms. The van der Waals surface area contributed by atoms with Gasteiger partial charge in [0.2, 0.25) is 0 Å². The second-order valence-electron chi connectivity index (χ2n) is 2.67. The van der Waals surface area contributed by atoms with Crippen LogP contribution in [0.1, 0.15) is 11.4 Å². The molecule has 0 unspecified atom stereocenters. The largest absolute Gasteiger partial charge is 0.257 e. The van der Waals surface area contributed by atoms with Gasteiger partial charge in [-0.05, 0) is 13.8 Å². The minimum absolute atomic E-state index is 0.797. The van der Waals surface area contributed by atoms with Gasteiger partial charge in [-0.3, -0.25) is 4.98 Å². The molecule has 0 aliphatic rings. The Morgan fingerprint density at radius 3 is 2.69 bits per heavy atom. The molecular formula is C8H8N4S. The molecule has 0 aromatic carbocycles. The zero-order valence-electron chi connectivity index (χ0n) is 7.35. The molecule has 0 aliphatic carbocycles. The summed E-state index contributed by atoms with van der Waals surface area (Å²) in [4.78, 5) is 8.57. The van der Waals surface area contributed by atoms with Crippen molar-refractivity contribution in [2.75, 3.05) is 0 Å². The average Bonchev–Trinajstić information content (AvgIpc) is 2.62. The van der Waals surface area contributed by atoms with E-state index in [9.17, 15) is 0 Å². The van der Waals surface area contributed by atoms with Crippen LogP contribution in [0.3, 0.4) is 0 Å². The third kappa shape index (κ3) is 1.55. The fourth-order valence-corrected chi connectivity index (χ4v) is 1.44. The van der Waals surface area contributed by atoms with E-state index in [1.807, 2.05) is 13.8 Å². The van der Waals surface area contributed by atoms with Crippen LogP contribution in [-0.4, -0.2) is 20.2 Å². The standard InChI is InChI=1S/C8H8N4S/c1-5-6(2)11-7(3-9-5)8-12-10-4-13-8/h3-4H,1-2H3. The Labute approximate surface area is 79.7 Å². The Kier molecular flexibility index (Phi) is 2.02. The second kappa shape index (κ2) is 3.18. The number of rotatable bonds is 1. The van der Waals surface area contributed by atoms with Crippen LogP contribution in [0.5, 0.6) is 0 Å². The molecule has 5 heteroatoms. The molecular weight excluding hydrogens is 184 g/mol. The Morgan fingerprint density at radius 2 is 2.08 bits per heavy atom. The van der Waals surface area contributed by atoms with E-state index in [4.69, 9.17) is 0 Å². The first-order valence-corrected chi connectivity index (χ1v) is 4.72. The van der Waals surface area contributed by atoms with Crippen molar-refractivity contribution in [1.82, 2.24) is 20.2 Å². The van der Waals surface area contributed by atoms with Crippen LogP contribution in [-0.2, 0) is 0 Å². The summed E-state index contributed by atoms with van der Waals surface area (Å²) >= 11 is 1.47. The first kappa shape index (κ1) is 8.25. The Morgan fingerprint density at radius 1 is 1.23 bits per heavy atom.